The van der Waals surface area contributed by atoms with Crippen molar-refractivity contribution in [1.82, 2.24) is 0 Å². The Morgan fingerprint density at radius 3 is 0.714 bits per heavy atom. The summed E-state index contributed by atoms with van der Waals surface area (Å²) in [6, 6.07) is 0. The van der Waals surface area contributed by atoms with Crippen molar-refractivity contribution in [3.63, 3.8) is 0 Å². The molecular formula is C30H62CaO3S+2. The Balaban J connectivity index is 0. The van der Waals surface area contributed by atoms with Gasteiger partial charge in [-0.2, -0.15) is 8.42 Å². The minimum atomic E-state index is -3.75. The molecule has 3 nitrogen and oxygen atoms in total. The van der Waals surface area contributed by atoms with Gasteiger partial charge >= 0.3 is 37.7 Å². The quantitative estimate of drug-likeness (QED) is 0.0581. The van der Waals surface area contributed by atoms with Crippen molar-refractivity contribution in [3.8, 4) is 0 Å². The van der Waals surface area contributed by atoms with E-state index < -0.39 is 10.1 Å². The summed E-state index contributed by atoms with van der Waals surface area (Å²) in [4.78, 5) is 0. The minimum Gasteiger partial charge on any atom is -0.286 e. The van der Waals surface area contributed by atoms with Gasteiger partial charge in [0.15, 0.2) is 0 Å². The summed E-state index contributed by atoms with van der Waals surface area (Å²) in [6.45, 7) is 2.29. The van der Waals surface area contributed by atoms with E-state index in [1.54, 1.807) is 0 Å². The monoisotopic (exact) mass is 542 g/mol. The van der Waals surface area contributed by atoms with Crippen LogP contribution in [0.2, 0.25) is 0 Å². The van der Waals surface area contributed by atoms with Gasteiger partial charge in [-0.3, -0.25) is 4.55 Å². The largest absolute Gasteiger partial charge is 2.00 e. The van der Waals surface area contributed by atoms with Crippen LogP contribution in [-0.4, -0.2) is 56.5 Å². The SMILES string of the molecule is CCCCCCCCCCCCCCCCCCCCCCCCCCCCCCS(=O)(=O)O.[Ca+2]. The van der Waals surface area contributed by atoms with E-state index in [0.717, 1.165) is 12.8 Å². The van der Waals surface area contributed by atoms with E-state index >= 15 is 0 Å². The van der Waals surface area contributed by atoms with Gasteiger partial charge in [-0.1, -0.05) is 180 Å². The van der Waals surface area contributed by atoms with E-state index in [1.807, 2.05) is 0 Å². The molecule has 0 aromatic rings. The van der Waals surface area contributed by atoms with Crippen molar-refractivity contribution in [3.05, 3.63) is 0 Å². The molecule has 0 aliphatic rings. The maximum absolute atomic E-state index is 10.6. The number of unbranched alkanes of at least 4 members (excludes halogenated alkanes) is 27. The first kappa shape index (κ1) is 38.3. The molecule has 0 heterocycles. The zero-order valence-electron chi connectivity index (χ0n) is 23.9. The summed E-state index contributed by atoms with van der Waals surface area (Å²) >= 11 is 0. The normalized spacial score (nSPS) is 11.6. The second kappa shape index (κ2) is 31.4. The first-order valence-electron chi connectivity index (χ1n) is 15.5. The predicted molar refractivity (Wildman–Crippen MR) is 157 cm³/mol. The van der Waals surface area contributed by atoms with Crippen molar-refractivity contribution in [2.24, 2.45) is 0 Å². The first-order chi connectivity index (χ1) is 16.6. The van der Waals surface area contributed by atoms with Crippen LogP contribution in [0, 0.1) is 0 Å². The molecule has 0 aromatic carbocycles. The molecule has 0 bridgehead atoms. The fourth-order valence-electron chi connectivity index (χ4n) is 4.95. The Bertz CT molecular complexity index is 482. The molecule has 0 saturated heterocycles. The third kappa shape index (κ3) is 37.4. The van der Waals surface area contributed by atoms with Crippen molar-refractivity contribution in [2.75, 3.05) is 5.75 Å². The molecule has 35 heavy (non-hydrogen) atoms. The van der Waals surface area contributed by atoms with Gasteiger partial charge in [-0.15, -0.1) is 0 Å². The van der Waals surface area contributed by atoms with Crippen LogP contribution in [0.3, 0.4) is 0 Å². The molecule has 0 rings (SSSR count). The van der Waals surface area contributed by atoms with Crippen LogP contribution < -0.4 is 0 Å². The van der Waals surface area contributed by atoms with Crippen molar-refractivity contribution in [1.29, 1.82) is 0 Å². The molecule has 0 amide bonds. The van der Waals surface area contributed by atoms with Crippen LogP contribution in [0.1, 0.15) is 187 Å². The van der Waals surface area contributed by atoms with E-state index in [4.69, 9.17) is 4.55 Å². The zero-order chi connectivity index (χ0) is 25.0. The standard InChI is InChI=1S/C30H62O3S.Ca/c1-2-3-4-5-6-7-8-9-10-11-12-13-14-15-16-17-18-19-20-21-22-23-24-25-26-27-28-29-30-34(31,32)33;/h2-30H2,1H3,(H,31,32,33);/q;+2. The van der Waals surface area contributed by atoms with Gasteiger partial charge < -0.3 is 0 Å². The Kier molecular flexibility index (Phi) is 34.4. The van der Waals surface area contributed by atoms with Crippen LogP contribution in [0.25, 0.3) is 0 Å². The summed E-state index contributed by atoms with van der Waals surface area (Å²) in [6.07, 6.45) is 38.0. The van der Waals surface area contributed by atoms with Crippen molar-refractivity contribution < 1.29 is 13.0 Å². The molecule has 0 aromatic heterocycles. The zero-order valence-corrected chi connectivity index (χ0v) is 26.9. The molecule has 0 spiro atoms. The molecule has 5 heteroatoms. The van der Waals surface area contributed by atoms with E-state index in [-0.39, 0.29) is 43.5 Å². The molecule has 0 radical (unpaired) electrons. The maximum Gasteiger partial charge on any atom is 2.00 e. The van der Waals surface area contributed by atoms with Crippen molar-refractivity contribution >= 4 is 47.9 Å². The molecule has 0 aliphatic heterocycles. The summed E-state index contributed by atoms with van der Waals surface area (Å²) in [5.41, 5.74) is 0. The molecule has 1 N–H and O–H groups in total. The average molecular weight is 543 g/mol. The summed E-state index contributed by atoms with van der Waals surface area (Å²) < 4.78 is 30.0. The topological polar surface area (TPSA) is 54.4 Å². The predicted octanol–water partition coefficient (Wildman–Crippen LogP) is 10.4. The van der Waals surface area contributed by atoms with E-state index in [9.17, 15) is 8.42 Å². The third-order valence-corrected chi connectivity index (χ3v) is 8.06. The third-order valence-electron chi connectivity index (χ3n) is 7.26. The van der Waals surface area contributed by atoms with Gasteiger partial charge in [0.25, 0.3) is 10.1 Å². The first-order valence-corrected chi connectivity index (χ1v) is 17.1. The Hall–Kier alpha value is 1.17. The Morgan fingerprint density at radius 2 is 0.543 bits per heavy atom. The van der Waals surface area contributed by atoms with Crippen LogP contribution in [0.4, 0.5) is 0 Å². The average Bonchev–Trinajstić information content (AvgIpc) is 2.80. The molecule has 0 fully saturated rings. The number of hydrogen-bond acceptors (Lipinski definition) is 2. The van der Waals surface area contributed by atoms with Crippen LogP contribution in [0.15, 0.2) is 0 Å². The van der Waals surface area contributed by atoms with Gasteiger partial charge in [-0.05, 0) is 6.42 Å². The molecule has 0 unspecified atom stereocenters. The molecule has 0 atom stereocenters. The van der Waals surface area contributed by atoms with Gasteiger partial charge in [0.1, 0.15) is 0 Å². The molecule has 206 valence electrons. The van der Waals surface area contributed by atoms with Crippen LogP contribution in [0.5, 0.6) is 0 Å². The van der Waals surface area contributed by atoms with Gasteiger partial charge in [-0.25, -0.2) is 0 Å². The number of hydrogen-bond donors (Lipinski definition) is 1. The van der Waals surface area contributed by atoms with E-state index in [2.05, 4.69) is 6.92 Å². The summed E-state index contributed by atoms with van der Waals surface area (Å²) in [5, 5.41) is 0. The molecular weight excluding hydrogens is 480 g/mol. The maximum atomic E-state index is 10.6. The number of rotatable bonds is 29. The Morgan fingerprint density at radius 1 is 0.371 bits per heavy atom. The molecule has 0 aliphatic carbocycles. The summed E-state index contributed by atoms with van der Waals surface area (Å²) in [5.74, 6) is -0.0769. The summed E-state index contributed by atoms with van der Waals surface area (Å²) in [7, 11) is -3.75. The van der Waals surface area contributed by atoms with Gasteiger partial charge in [0.05, 0.1) is 5.75 Å². The minimum absolute atomic E-state index is 0. The second-order valence-corrected chi connectivity index (χ2v) is 12.4. The Labute approximate surface area is 251 Å². The van der Waals surface area contributed by atoms with Gasteiger partial charge in [0, 0.05) is 0 Å². The van der Waals surface area contributed by atoms with Crippen LogP contribution in [-0.2, 0) is 10.1 Å². The van der Waals surface area contributed by atoms with Crippen molar-refractivity contribution in [2.45, 2.75) is 187 Å². The fraction of sp³-hybridized carbons (Fsp3) is 1.00. The van der Waals surface area contributed by atoms with E-state index in [1.165, 1.54) is 161 Å². The smallest absolute Gasteiger partial charge is 0.286 e. The molecule has 0 saturated carbocycles. The van der Waals surface area contributed by atoms with E-state index in [0.29, 0.717) is 6.42 Å². The fourth-order valence-corrected chi connectivity index (χ4v) is 5.52. The second-order valence-electron chi connectivity index (χ2n) is 10.8. The van der Waals surface area contributed by atoms with Crippen LogP contribution >= 0.6 is 0 Å². The van der Waals surface area contributed by atoms with Gasteiger partial charge in [0.2, 0.25) is 0 Å².